The molecule has 106 valence electrons. The molecule has 0 radical (unpaired) electrons. The Morgan fingerprint density at radius 3 is 2.55 bits per heavy atom. The number of fused-ring (bicyclic) bond motifs is 1. The molecule has 1 N–H and O–H groups in total. The molecule has 1 aliphatic carbocycles. The zero-order valence-electron chi connectivity index (χ0n) is 11.4. The van der Waals surface area contributed by atoms with Crippen molar-refractivity contribution >= 4 is 11.5 Å². The zero-order valence-corrected chi connectivity index (χ0v) is 11.4. The van der Waals surface area contributed by atoms with Gasteiger partial charge in [0.15, 0.2) is 0 Å². The number of Topliss-reactive ketones (excluding diaryl/α,β-unsaturated/α-hetero) is 1. The van der Waals surface area contributed by atoms with E-state index in [1.807, 2.05) is 13.8 Å². The van der Waals surface area contributed by atoms with E-state index >= 15 is 0 Å². The molecule has 2 aliphatic rings. The molecule has 0 spiro atoms. The van der Waals surface area contributed by atoms with Crippen molar-refractivity contribution < 1.29 is 13.6 Å². The number of carbonyl (C=O) groups excluding carboxylic acids is 1. The second kappa shape index (κ2) is 4.36. The van der Waals surface area contributed by atoms with Gasteiger partial charge in [-0.2, -0.15) is 5.10 Å². The summed E-state index contributed by atoms with van der Waals surface area (Å²) in [6.07, 6.45) is 1.28. The quantitative estimate of drug-likeness (QED) is 0.858. The van der Waals surface area contributed by atoms with Gasteiger partial charge in [-0.15, -0.1) is 0 Å². The van der Waals surface area contributed by atoms with Crippen molar-refractivity contribution in [3.63, 3.8) is 0 Å². The summed E-state index contributed by atoms with van der Waals surface area (Å²) >= 11 is 0. The van der Waals surface area contributed by atoms with Crippen LogP contribution in [0.3, 0.4) is 0 Å². The number of nitrogens with one attached hydrogen (secondary N) is 1. The van der Waals surface area contributed by atoms with Gasteiger partial charge in [0, 0.05) is 18.1 Å². The van der Waals surface area contributed by atoms with Crippen LogP contribution in [-0.4, -0.2) is 17.5 Å². The van der Waals surface area contributed by atoms with Gasteiger partial charge in [0.05, 0.1) is 17.7 Å². The highest BCUT2D eigenvalue weighted by molar-refractivity contribution is 6.15. The fourth-order valence-electron chi connectivity index (χ4n) is 3.22. The van der Waals surface area contributed by atoms with Gasteiger partial charge in [-0.1, -0.05) is 13.8 Å². The van der Waals surface area contributed by atoms with Crippen LogP contribution < -0.4 is 5.43 Å². The normalized spacial score (nSPS) is 27.8. The maximum atomic E-state index is 13.3. The van der Waals surface area contributed by atoms with Gasteiger partial charge in [-0.3, -0.25) is 4.79 Å². The summed E-state index contributed by atoms with van der Waals surface area (Å²) in [4.78, 5) is 12.3. The van der Waals surface area contributed by atoms with Crippen molar-refractivity contribution in [3.05, 3.63) is 35.4 Å². The molecule has 0 saturated heterocycles. The van der Waals surface area contributed by atoms with Crippen molar-refractivity contribution in [2.24, 2.45) is 16.4 Å². The Balaban J connectivity index is 1.95. The molecule has 3 rings (SSSR count). The Morgan fingerprint density at radius 2 is 1.90 bits per heavy atom. The Bertz CT molecular complexity index is 590. The topological polar surface area (TPSA) is 41.5 Å². The molecule has 2 atom stereocenters. The first-order chi connectivity index (χ1) is 9.35. The van der Waals surface area contributed by atoms with Gasteiger partial charge in [0.2, 0.25) is 0 Å². The molecular formula is C15H16F2N2O. The van der Waals surface area contributed by atoms with E-state index in [2.05, 4.69) is 10.5 Å². The SMILES string of the molecule is CC1(C)CC(=O)[C@@H]2C(c3cc(F)cc(F)c3)=NN[C@H]2C1. The first kappa shape index (κ1) is 13.2. The van der Waals surface area contributed by atoms with Crippen LogP contribution in [0.4, 0.5) is 8.78 Å². The average Bonchev–Trinajstić information content (AvgIpc) is 2.69. The van der Waals surface area contributed by atoms with Gasteiger partial charge >= 0.3 is 0 Å². The highest BCUT2D eigenvalue weighted by Crippen LogP contribution is 2.39. The van der Waals surface area contributed by atoms with Crippen molar-refractivity contribution in [1.29, 1.82) is 0 Å². The average molecular weight is 278 g/mol. The Hall–Kier alpha value is -1.78. The lowest BCUT2D eigenvalue weighted by Gasteiger charge is -2.36. The third-order valence-electron chi connectivity index (χ3n) is 3.98. The van der Waals surface area contributed by atoms with Crippen LogP contribution in [0.2, 0.25) is 0 Å². The summed E-state index contributed by atoms with van der Waals surface area (Å²) in [5, 5.41) is 4.16. The number of hydrogen-bond donors (Lipinski definition) is 1. The van der Waals surface area contributed by atoms with Crippen molar-refractivity contribution in [2.75, 3.05) is 0 Å². The van der Waals surface area contributed by atoms with Crippen molar-refractivity contribution in [1.82, 2.24) is 5.43 Å². The van der Waals surface area contributed by atoms with Crippen molar-refractivity contribution in [3.8, 4) is 0 Å². The largest absolute Gasteiger partial charge is 0.306 e. The molecule has 1 aromatic carbocycles. The maximum absolute atomic E-state index is 13.3. The number of ketones is 1. The summed E-state index contributed by atoms with van der Waals surface area (Å²) in [6, 6.07) is 3.18. The van der Waals surface area contributed by atoms with E-state index in [1.165, 1.54) is 12.1 Å². The van der Waals surface area contributed by atoms with Crippen molar-refractivity contribution in [2.45, 2.75) is 32.7 Å². The minimum Gasteiger partial charge on any atom is -0.306 e. The number of carbonyl (C=O) groups is 1. The Labute approximate surface area is 116 Å². The van der Waals surface area contributed by atoms with Crippen LogP contribution >= 0.6 is 0 Å². The molecule has 0 amide bonds. The number of benzene rings is 1. The summed E-state index contributed by atoms with van der Waals surface area (Å²) in [5.74, 6) is -1.63. The van der Waals surface area contributed by atoms with Gasteiger partial charge in [0.25, 0.3) is 0 Å². The van der Waals surface area contributed by atoms with E-state index in [-0.39, 0.29) is 17.2 Å². The lowest BCUT2D eigenvalue weighted by Crippen LogP contribution is -2.45. The Kier molecular flexibility index (Phi) is 2.88. The molecule has 1 aliphatic heterocycles. The standard InChI is InChI=1S/C15H16F2N2O/c1-15(2)6-11-13(12(20)7-15)14(19-18-11)8-3-9(16)5-10(17)4-8/h3-5,11,13,18H,6-7H2,1-2H3/t11-,13+/m0/s1. The summed E-state index contributed by atoms with van der Waals surface area (Å²) < 4.78 is 26.7. The molecule has 1 aromatic rings. The molecular weight excluding hydrogens is 262 g/mol. The minimum atomic E-state index is -0.658. The summed E-state index contributed by atoms with van der Waals surface area (Å²) in [6.45, 7) is 4.09. The zero-order chi connectivity index (χ0) is 14.5. The van der Waals surface area contributed by atoms with E-state index in [0.29, 0.717) is 17.7 Å². The van der Waals surface area contributed by atoms with E-state index in [1.54, 1.807) is 0 Å². The van der Waals surface area contributed by atoms with E-state index in [4.69, 9.17) is 0 Å². The first-order valence-electron chi connectivity index (χ1n) is 6.68. The Morgan fingerprint density at radius 1 is 1.25 bits per heavy atom. The smallest absolute Gasteiger partial charge is 0.144 e. The fraction of sp³-hybridized carbons (Fsp3) is 0.467. The minimum absolute atomic E-state index is 0.0661. The van der Waals surface area contributed by atoms with E-state index in [0.717, 1.165) is 12.5 Å². The molecule has 0 bridgehead atoms. The molecule has 0 unspecified atom stereocenters. The predicted octanol–water partition coefficient (Wildman–Crippen LogP) is 2.65. The van der Waals surface area contributed by atoms with Gasteiger partial charge in [-0.25, -0.2) is 8.78 Å². The lowest BCUT2D eigenvalue weighted by molar-refractivity contribution is -0.126. The van der Waals surface area contributed by atoms with Gasteiger partial charge in [0.1, 0.15) is 17.4 Å². The van der Waals surface area contributed by atoms with Crippen LogP contribution in [0.25, 0.3) is 0 Å². The summed E-state index contributed by atoms with van der Waals surface area (Å²) in [5.41, 5.74) is 3.68. The van der Waals surface area contributed by atoms with Crippen LogP contribution in [0.15, 0.2) is 23.3 Å². The predicted molar refractivity (Wildman–Crippen MR) is 71.3 cm³/mol. The number of hydrogen-bond acceptors (Lipinski definition) is 3. The van der Waals surface area contributed by atoms with Crippen LogP contribution in [0.1, 0.15) is 32.3 Å². The molecule has 3 nitrogen and oxygen atoms in total. The van der Waals surface area contributed by atoms with E-state index in [9.17, 15) is 13.6 Å². The highest BCUT2D eigenvalue weighted by Gasteiger charge is 2.46. The van der Waals surface area contributed by atoms with Crippen LogP contribution in [0, 0.1) is 23.0 Å². The molecule has 1 fully saturated rings. The maximum Gasteiger partial charge on any atom is 0.144 e. The lowest BCUT2D eigenvalue weighted by atomic mass is 9.68. The number of nitrogens with zero attached hydrogens (tertiary/aromatic N) is 1. The highest BCUT2D eigenvalue weighted by atomic mass is 19.1. The summed E-state index contributed by atoms with van der Waals surface area (Å²) in [7, 11) is 0. The molecule has 1 saturated carbocycles. The number of halogens is 2. The third-order valence-corrected chi connectivity index (χ3v) is 3.98. The second-order valence-corrected chi connectivity index (χ2v) is 6.38. The molecule has 1 heterocycles. The number of rotatable bonds is 1. The fourth-order valence-corrected chi connectivity index (χ4v) is 3.22. The first-order valence-corrected chi connectivity index (χ1v) is 6.68. The monoisotopic (exact) mass is 278 g/mol. The van der Waals surface area contributed by atoms with E-state index < -0.39 is 17.6 Å². The van der Waals surface area contributed by atoms with Crippen LogP contribution in [0.5, 0.6) is 0 Å². The third kappa shape index (κ3) is 2.21. The van der Waals surface area contributed by atoms with Gasteiger partial charge < -0.3 is 5.43 Å². The van der Waals surface area contributed by atoms with Gasteiger partial charge in [-0.05, 0) is 24.0 Å². The molecule has 5 heteroatoms. The second-order valence-electron chi connectivity index (χ2n) is 6.38. The molecule has 0 aromatic heterocycles. The van der Waals surface area contributed by atoms with Crippen LogP contribution in [-0.2, 0) is 4.79 Å². The number of hydrazone groups is 1. The molecule has 20 heavy (non-hydrogen) atoms.